The zero-order valence-electron chi connectivity index (χ0n) is 18.1. The lowest BCUT2D eigenvalue weighted by atomic mass is 9.82. The molecule has 0 aliphatic heterocycles. The molecule has 0 heteroatoms. The molecule has 0 saturated carbocycles. The van der Waals surface area contributed by atoms with Crippen molar-refractivity contribution in [3.8, 4) is 22.3 Å². The van der Waals surface area contributed by atoms with Crippen molar-refractivity contribution in [3.63, 3.8) is 0 Å². The summed E-state index contributed by atoms with van der Waals surface area (Å²) in [6.07, 6.45) is 0.943. The Morgan fingerprint density at radius 2 is 0.875 bits per heavy atom. The summed E-state index contributed by atoms with van der Waals surface area (Å²) in [5.41, 5.74) is 9.21. The highest BCUT2D eigenvalue weighted by Gasteiger charge is 2.19. The van der Waals surface area contributed by atoms with E-state index in [4.69, 9.17) is 0 Å². The second-order valence-corrected chi connectivity index (χ2v) is 8.15. The summed E-state index contributed by atoms with van der Waals surface area (Å²) in [4.78, 5) is 0. The van der Waals surface area contributed by atoms with Crippen LogP contribution in [0.25, 0.3) is 22.3 Å². The van der Waals surface area contributed by atoms with Crippen molar-refractivity contribution >= 4 is 0 Å². The van der Waals surface area contributed by atoms with Gasteiger partial charge in [-0.2, -0.15) is 0 Å². The minimum atomic E-state index is 0.297. The maximum Gasteiger partial charge on any atom is 0.0130 e. The lowest BCUT2D eigenvalue weighted by molar-refractivity contribution is 0.806. The molecule has 0 saturated heterocycles. The first kappa shape index (κ1) is 20.0. The smallest absolute Gasteiger partial charge is 0.0130 e. The largest absolute Gasteiger partial charge is 0.0622 e. The molecule has 0 fully saturated rings. The van der Waals surface area contributed by atoms with Gasteiger partial charge in [0.15, 0.2) is 0 Å². The Balaban J connectivity index is 1.67. The third-order valence-corrected chi connectivity index (χ3v) is 6.13. The molecule has 32 heavy (non-hydrogen) atoms. The van der Waals surface area contributed by atoms with Crippen molar-refractivity contribution in [1.82, 2.24) is 0 Å². The molecule has 0 aliphatic rings. The van der Waals surface area contributed by atoms with Gasteiger partial charge in [0.2, 0.25) is 0 Å². The lowest BCUT2D eigenvalue weighted by Crippen LogP contribution is -2.06. The predicted octanol–water partition coefficient (Wildman–Crippen LogP) is 8.40. The summed E-state index contributed by atoms with van der Waals surface area (Å²) < 4.78 is 0. The molecule has 5 aromatic carbocycles. The minimum Gasteiger partial charge on any atom is -0.0622 e. The second-order valence-electron chi connectivity index (χ2n) is 8.15. The number of benzene rings is 5. The zero-order chi connectivity index (χ0) is 21.6. The van der Waals surface area contributed by atoms with Gasteiger partial charge in [-0.05, 0) is 45.4 Å². The van der Waals surface area contributed by atoms with E-state index in [1.165, 1.54) is 38.9 Å². The van der Waals surface area contributed by atoms with Crippen LogP contribution in [-0.4, -0.2) is 0 Å². The van der Waals surface area contributed by atoms with Crippen LogP contribution < -0.4 is 0 Å². The quantitative estimate of drug-likeness (QED) is 0.264. The number of hydrogen-bond donors (Lipinski definition) is 0. The standard InChI is InChI=1S/C32H26/c1-5-14-25(15-6-1)30-23-13-22-29(32(30)28-20-11-4-12-21-28)24-31(26-16-7-2-8-17-26)27-18-9-3-10-19-27/h1-23,31H,24H2. The Hall–Kier alpha value is -3.90. The van der Waals surface area contributed by atoms with Gasteiger partial charge in [-0.1, -0.05) is 140 Å². The lowest BCUT2D eigenvalue weighted by Gasteiger charge is -2.22. The van der Waals surface area contributed by atoms with E-state index in [0.29, 0.717) is 5.92 Å². The maximum absolute atomic E-state index is 2.30. The average Bonchev–Trinajstić information content (AvgIpc) is 2.89. The third-order valence-electron chi connectivity index (χ3n) is 6.13. The van der Waals surface area contributed by atoms with Crippen molar-refractivity contribution in [2.45, 2.75) is 12.3 Å². The fourth-order valence-electron chi connectivity index (χ4n) is 4.59. The first-order chi connectivity index (χ1) is 15.9. The number of hydrogen-bond acceptors (Lipinski definition) is 0. The van der Waals surface area contributed by atoms with E-state index < -0.39 is 0 Å². The summed E-state index contributed by atoms with van der Waals surface area (Å²) in [6.45, 7) is 0. The van der Waals surface area contributed by atoms with Crippen LogP contribution in [0.4, 0.5) is 0 Å². The zero-order valence-corrected chi connectivity index (χ0v) is 18.1. The maximum atomic E-state index is 2.30. The van der Waals surface area contributed by atoms with Crippen LogP contribution in [0.1, 0.15) is 22.6 Å². The van der Waals surface area contributed by atoms with E-state index in [0.717, 1.165) is 6.42 Å². The van der Waals surface area contributed by atoms with E-state index in [2.05, 4.69) is 140 Å². The molecule has 0 radical (unpaired) electrons. The Labute approximate surface area is 190 Å². The molecule has 0 aromatic heterocycles. The molecule has 154 valence electrons. The Morgan fingerprint density at radius 3 is 1.41 bits per heavy atom. The molecular weight excluding hydrogens is 384 g/mol. The highest BCUT2D eigenvalue weighted by molar-refractivity contribution is 5.85. The van der Waals surface area contributed by atoms with Crippen LogP contribution in [0.3, 0.4) is 0 Å². The summed E-state index contributed by atoms with van der Waals surface area (Å²) in [6, 6.07) is 50.1. The van der Waals surface area contributed by atoms with Gasteiger partial charge in [-0.25, -0.2) is 0 Å². The van der Waals surface area contributed by atoms with Gasteiger partial charge in [0, 0.05) is 5.92 Å². The molecule has 0 aliphatic carbocycles. The van der Waals surface area contributed by atoms with Crippen molar-refractivity contribution in [3.05, 3.63) is 156 Å². The molecule has 0 amide bonds. The van der Waals surface area contributed by atoms with Crippen molar-refractivity contribution in [2.24, 2.45) is 0 Å². The second kappa shape index (κ2) is 9.49. The van der Waals surface area contributed by atoms with Gasteiger partial charge in [-0.15, -0.1) is 0 Å². The van der Waals surface area contributed by atoms with E-state index in [1.807, 2.05) is 0 Å². The van der Waals surface area contributed by atoms with Crippen LogP contribution in [0.15, 0.2) is 140 Å². The van der Waals surface area contributed by atoms with Crippen molar-refractivity contribution in [1.29, 1.82) is 0 Å². The van der Waals surface area contributed by atoms with Gasteiger partial charge in [0.25, 0.3) is 0 Å². The molecule has 5 aromatic rings. The molecule has 0 heterocycles. The summed E-state index contributed by atoms with van der Waals surface area (Å²) in [5.74, 6) is 0.297. The molecule has 0 bridgehead atoms. The molecular formula is C32H26. The third kappa shape index (κ3) is 4.26. The van der Waals surface area contributed by atoms with Gasteiger partial charge >= 0.3 is 0 Å². The van der Waals surface area contributed by atoms with E-state index >= 15 is 0 Å². The van der Waals surface area contributed by atoms with Crippen molar-refractivity contribution in [2.75, 3.05) is 0 Å². The first-order valence-corrected chi connectivity index (χ1v) is 11.2. The summed E-state index contributed by atoms with van der Waals surface area (Å²) in [7, 11) is 0. The SMILES string of the molecule is c1ccc(-c2cccc(CC(c3ccccc3)c3ccccc3)c2-c2ccccc2)cc1. The molecule has 5 rings (SSSR count). The van der Waals surface area contributed by atoms with Crippen LogP contribution >= 0.6 is 0 Å². The van der Waals surface area contributed by atoms with Gasteiger partial charge in [0.1, 0.15) is 0 Å². The van der Waals surface area contributed by atoms with Gasteiger partial charge < -0.3 is 0 Å². The number of rotatable bonds is 6. The van der Waals surface area contributed by atoms with Crippen LogP contribution in [0.2, 0.25) is 0 Å². The molecule has 0 unspecified atom stereocenters. The van der Waals surface area contributed by atoms with Gasteiger partial charge in [0.05, 0.1) is 0 Å². The molecule has 0 nitrogen and oxygen atoms in total. The van der Waals surface area contributed by atoms with E-state index in [-0.39, 0.29) is 0 Å². The Bertz CT molecular complexity index is 1220. The Kier molecular flexibility index (Phi) is 5.94. The highest BCUT2D eigenvalue weighted by atomic mass is 14.2. The molecule has 0 N–H and O–H groups in total. The fraction of sp³-hybridized carbons (Fsp3) is 0.0625. The topological polar surface area (TPSA) is 0 Å². The normalized spacial score (nSPS) is 10.9. The van der Waals surface area contributed by atoms with Gasteiger partial charge in [-0.3, -0.25) is 0 Å². The summed E-state index contributed by atoms with van der Waals surface area (Å²) >= 11 is 0. The van der Waals surface area contributed by atoms with Crippen LogP contribution in [-0.2, 0) is 6.42 Å². The van der Waals surface area contributed by atoms with E-state index in [9.17, 15) is 0 Å². The molecule has 0 atom stereocenters. The molecule has 0 spiro atoms. The summed E-state index contributed by atoms with van der Waals surface area (Å²) in [5, 5.41) is 0. The highest BCUT2D eigenvalue weighted by Crippen LogP contribution is 2.38. The Morgan fingerprint density at radius 1 is 0.406 bits per heavy atom. The monoisotopic (exact) mass is 410 g/mol. The van der Waals surface area contributed by atoms with E-state index in [1.54, 1.807) is 0 Å². The predicted molar refractivity (Wildman–Crippen MR) is 136 cm³/mol. The van der Waals surface area contributed by atoms with Crippen LogP contribution in [0.5, 0.6) is 0 Å². The van der Waals surface area contributed by atoms with Crippen LogP contribution in [0, 0.1) is 0 Å². The first-order valence-electron chi connectivity index (χ1n) is 11.2. The average molecular weight is 411 g/mol. The fourth-order valence-corrected chi connectivity index (χ4v) is 4.59. The minimum absolute atomic E-state index is 0.297. The van der Waals surface area contributed by atoms with Crippen molar-refractivity contribution < 1.29 is 0 Å².